The minimum absolute atomic E-state index is 0.0154. The Morgan fingerprint density at radius 2 is 1.81 bits per heavy atom. The minimum atomic E-state index is -0.0154. The summed E-state index contributed by atoms with van der Waals surface area (Å²) in [4.78, 5) is 16.2. The summed E-state index contributed by atoms with van der Waals surface area (Å²) in [7, 11) is 0. The van der Waals surface area contributed by atoms with Crippen LogP contribution in [0.15, 0.2) is 73.1 Å². The van der Waals surface area contributed by atoms with Crippen LogP contribution in [0.25, 0.3) is 0 Å². The molecule has 3 rings (SSSR count). The van der Waals surface area contributed by atoms with E-state index in [9.17, 15) is 4.79 Å². The molecule has 27 heavy (non-hydrogen) atoms. The van der Waals surface area contributed by atoms with Crippen molar-refractivity contribution in [2.24, 2.45) is 0 Å². The number of carbonyl (C=O) groups excluding carboxylic acids is 1. The van der Waals surface area contributed by atoms with Gasteiger partial charge in [0.05, 0.1) is 5.75 Å². The zero-order valence-corrected chi connectivity index (χ0v) is 16.0. The number of amides is 1. The van der Waals surface area contributed by atoms with Crippen molar-refractivity contribution in [3.8, 4) is 5.75 Å². The molecule has 138 valence electrons. The maximum atomic E-state index is 12.2. The molecule has 3 aromatic rings. The molecule has 4 nitrogen and oxygen atoms in total. The second-order valence-corrected chi connectivity index (χ2v) is 7.18. The molecule has 0 aliphatic heterocycles. The van der Waals surface area contributed by atoms with Crippen molar-refractivity contribution >= 4 is 23.4 Å². The van der Waals surface area contributed by atoms with E-state index in [0.717, 1.165) is 22.8 Å². The molecule has 0 saturated carbocycles. The van der Waals surface area contributed by atoms with Gasteiger partial charge in [0.15, 0.2) is 0 Å². The first-order chi connectivity index (χ1) is 13.2. The lowest BCUT2D eigenvalue weighted by Crippen LogP contribution is -2.14. The highest BCUT2D eigenvalue weighted by molar-refractivity contribution is 7.99. The van der Waals surface area contributed by atoms with Gasteiger partial charge in [0, 0.05) is 29.9 Å². The van der Waals surface area contributed by atoms with E-state index in [2.05, 4.69) is 41.5 Å². The van der Waals surface area contributed by atoms with Crippen LogP contribution in [0, 0.1) is 6.92 Å². The number of hydrogen-bond acceptors (Lipinski definition) is 4. The van der Waals surface area contributed by atoms with E-state index in [-0.39, 0.29) is 5.91 Å². The first kappa shape index (κ1) is 19.0. The second-order valence-electron chi connectivity index (χ2n) is 6.20. The summed E-state index contributed by atoms with van der Waals surface area (Å²) in [6.45, 7) is 2.53. The lowest BCUT2D eigenvalue weighted by Gasteiger charge is -2.09. The van der Waals surface area contributed by atoms with Gasteiger partial charge in [-0.2, -0.15) is 0 Å². The van der Waals surface area contributed by atoms with Crippen molar-refractivity contribution in [1.82, 2.24) is 4.98 Å². The van der Waals surface area contributed by atoms with Crippen LogP contribution in [-0.2, 0) is 17.2 Å². The normalized spacial score (nSPS) is 10.4. The Morgan fingerprint density at radius 1 is 1.04 bits per heavy atom. The topological polar surface area (TPSA) is 51.2 Å². The Balaban J connectivity index is 1.45. The van der Waals surface area contributed by atoms with Gasteiger partial charge in [-0.15, -0.1) is 11.8 Å². The van der Waals surface area contributed by atoms with E-state index >= 15 is 0 Å². The molecular formula is C22H22N2O2S. The highest BCUT2D eigenvalue weighted by atomic mass is 32.2. The molecule has 0 saturated heterocycles. The number of anilines is 1. The second kappa shape index (κ2) is 9.78. The van der Waals surface area contributed by atoms with Gasteiger partial charge < -0.3 is 10.1 Å². The van der Waals surface area contributed by atoms with Crippen LogP contribution in [0.2, 0.25) is 0 Å². The number of carbonyl (C=O) groups is 1. The molecule has 2 aromatic carbocycles. The molecule has 0 aliphatic rings. The molecule has 0 spiro atoms. The van der Waals surface area contributed by atoms with Gasteiger partial charge in [-0.25, -0.2) is 0 Å². The van der Waals surface area contributed by atoms with E-state index in [1.807, 2.05) is 36.4 Å². The Hall–Kier alpha value is -2.79. The van der Waals surface area contributed by atoms with E-state index < -0.39 is 0 Å². The predicted molar refractivity (Wildman–Crippen MR) is 111 cm³/mol. The summed E-state index contributed by atoms with van der Waals surface area (Å²) in [6, 6.07) is 19.7. The number of aryl methyl sites for hydroxylation is 1. The molecule has 0 fully saturated rings. The average Bonchev–Trinajstić information content (AvgIpc) is 2.69. The molecular weight excluding hydrogens is 356 g/mol. The Kier molecular flexibility index (Phi) is 6.88. The molecule has 0 bridgehead atoms. The zero-order chi connectivity index (χ0) is 18.9. The maximum Gasteiger partial charge on any atom is 0.234 e. The number of ether oxygens (including phenoxy) is 1. The third-order valence-electron chi connectivity index (χ3n) is 3.90. The van der Waals surface area contributed by atoms with Gasteiger partial charge in [-0.3, -0.25) is 9.78 Å². The highest BCUT2D eigenvalue weighted by Gasteiger charge is 2.05. The van der Waals surface area contributed by atoms with Crippen LogP contribution < -0.4 is 10.1 Å². The molecule has 1 amide bonds. The fraction of sp³-hybridized carbons (Fsp3) is 0.182. The summed E-state index contributed by atoms with van der Waals surface area (Å²) >= 11 is 1.60. The third kappa shape index (κ3) is 6.46. The van der Waals surface area contributed by atoms with Crippen LogP contribution in [0.5, 0.6) is 5.75 Å². The summed E-state index contributed by atoms with van der Waals surface area (Å²) in [5, 5.41) is 2.93. The van der Waals surface area contributed by atoms with Crippen molar-refractivity contribution in [2.45, 2.75) is 19.3 Å². The van der Waals surface area contributed by atoms with Gasteiger partial charge in [-0.05, 0) is 42.3 Å². The van der Waals surface area contributed by atoms with Crippen molar-refractivity contribution in [2.75, 3.05) is 11.1 Å². The number of nitrogens with one attached hydrogen (secondary N) is 1. The van der Waals surface area contributed by atoms with Gasteiger partial charge in [0.1, 0.15) is 12.4 Å². The molecule has 1 aromatic heterocycles. The van der Waals surface area contributed by atoms with E-state index in [0.29, 0.717) is 12.4 Å². The van der Waals surface area contributed by atoms with Crippen LogP contribution in [0.3, 0.4) is 0 Å². The van der Waals surface area contributed by atoms with E-state index in [4.69, 9.17) is 4.74 Å². The Labute approximate surface area is 164 Å². The predicted octanol–water partition coefficient (Wildman–Crippen LogP) is 4.84. The van der Waals surface area contributed by atoms with Gasteiger partial charge >= 0.3 is 0 Å². The Morgan fingerprint density at radius 3 is 2.59 bits per heavy atom. The number of nitrogens with zero attached hydrogens (tertiary/aromatic N) is 1. The number of benzene rings is 2. The monoisotopic (exact) mass is 378 g/mol. The van der Waals surface area contributed by atoms with Gasteiger partial charge in [0.2, 0.25) is 5.91 Å². The first-order valence-electron chi connectivity index (χ1n) is 8.74. The SMILES string of the molecule is Cc1ccc(CSCC(=O)Nc2cccc(OCc3ccncc3)c2)cc1. The standard InChI is InChI=1S/C22H22N2O2S/c1-17-5-7-19(8-6-17)15-27-16-22(25)24-20-3-2-4-21(13-20)26-14-18-9-11-23-12-10-18/h2-13H,14-16H2,1H3,(H,24,25). The number of hydrogen-bond donors (Lipinski definition) is 1. The minimum Gasteiger partial charge on any atom is -0.489 e. The van der Waals surface area contributed by atoms with Crippen molar-refractivity contribution in [1.29, 1.82) is 0 Å². The number of pyridine rings is 1. The van der Waals surface area contributed by atoms with Crippen LogP contribution in [-0.4, -0.2) is 16.6 Å². The summed E-state index contributed by atoms with van der Waals surface area (Å²) in [5.74, 6) is 1.94. The molecule has 1 N–H and O–H groups in total. The van der Waals surface area contributed by atoms with Crippen molar-refractivity contribution < 1.29 is 9.53 Å². The average molecular weight is 378 g/mol. The van der Waals surface area contributed by atoms with Gasteiger partial charge in [-0.1, -0.05) is 35.9 Å². The number of rotatable bonds is 8. The van der Waals surface area contributed by atoms with Crippen molar-refractivity contribution in [3.05, 3.63) is 89.7 Å². The lowest BCUT2D eigenvalue weighted by molar-refractivity contribution is -0.113. The maximum absolute atomic E-state index is 12.2. The number of thioether (sulfide) groups is 1. The molecule has 0 unspecified atom stereocenters. The summed E-state index contributed by atoms with van der Waals surface area (Å²) < 4.78 is 5.78. The fourth-order valence-electron chi connectivity index (χ4n) is 2.45. The molecule has 0 radical (unpaired) electrons. The fourth-order valence-corrected chi connectivity index (χ4v) is 3.24. The van der Waals surface area contributed by atoms with E-state index in [1.165, 1.54) is 11.1 Å². The quantitative estimate of drug-likeness (QED) is 0.609. The number of aromatic nitrogens is 1. The van der Waals surface area contributed by atoms with Crippen LogP contribution in [0.1, 0.15) is 16.7 Å². The highest BCUT2D eigenvalue weighted by Crippen LogP contribution is 2.19. The molecule has 0 atom stereocenters. The molecule has 5 heteroatoms. The first-order valence-corrected chi connectivity index (χ1v) is 9.89. The van der Waals surface area contributed by atoms with Gasteiger partial charge in [0.25, 0.3) is 0 Å². The zero-order valence-electron chi connectivity index (χ0n) is 15.2. The summed E-state index contributed by atoms with van der Waals surface area (Å²) in [6.07, 6.45) is 3.48. The third-order valence-corrected chi connectivity index (χ3v) is 4.90. The van der Waals surface area contributed by atoms with Crippen molar-refractivity contribution in [3.63, 3.8) is 0 Å². The van der Waals surface area contributed by atoms with Crippen LogP contribution >= 0.6 is 11.8 Å². The molecule has 0 aliphatic carbocycles. The summed E-state index contributed by atoms with van der Waals surface area (Å²) in [5.41, 5.74) is 4.26. The smallest absolute Gasteiger partial charge is 0.234 e. The van der Waals surface area contributed by atoms with E-state index in [1.54, 1.807) is 24.2 Å². The Bertz CT molecular complexity index is 867. The lowest BCUT2D eigenvalue weighted by atomic mass is 10.2. The van der Waals surface area contributed by atoms with Crippen LogP contribution in [0.4, 0.5) is 5.69 Å². The molecule has 1 heterocycles. The largest absolute Gasteiger partial charge is 0.489 e.